The van der Waals surface area contributed by atoms with Crippen molar-refractivity contribution in [3.05, 3.63) is 6.25 Å². The van der Waals surface area contributed by atoms with E-state index in [0.717, 1.165) is 49.0 Å². The van der Waals surface area contributed by atoms with E-state index in [4.69, 9.17) is 0 Å². The first-order valence-corrected chi connectivity index (χ1v) is 3.79. The predicted molar refractivity (Wildman–Crippen MR) is 30.8 cm³/mol. The summed E-state index contributed by atoms with van der Waals surface area (Å²) < 4.78 is 40.4. The molecule has 9 heavy (non-hydrogen) atoms. The number of hydrogen-bond donors (Lipinski definition) is 0. The van der Waals surface area contributed by atoms with Crippen molar-refractivity contribution in [1.29, 1.82) is 0 Å². The summed E-state index contributed by atoms with van der Waals surface area (Å²) >= 11 is 0.868. The molecule has 0 aromatic heterocycles. The standard InChI is InChI=1S/C3H5.BF4.K/c1-3-2;2-1(3,4)5;/h1H2,2H3;;/q;-1;. The minimum absolute atomic E-state index is 0.868. The molecule has 0 spiro atoms. The van der Waals surface area contributed by atoms with Crippen LogP contribution in [0.3, 0.4) is 0 Å². The van der Waals surface area contributed by atoms with Crippen LogP contribution >= 0.6 is 0 Å². The zero-order chi connectivity index (χ0) is 8.08. The normalized spacial score (nSPS) is 9.67. The van der Waals surface area contributed by atoms with E-state index in [0.29, 0.717) is 0 Å². The molecular formula is C3H5BF4K-. The van der Waals surface area contributed by atoms with Crippen molar-refractivity contribution in [3.63, 3.8) is 0 Å². The molecular weight excluding hydrogens is 162 g/mol. The van der Waals surface area contributed by atoms with Gasteiger partial charge in [0, 0.05) is 0 Å². The summed E-state index contributed by atoms with van der Waals surface area (Å²) in [6.07, 6.45) is 0. The molecule has 0 heterocycles. The van der Waals surface area contributed by atoms with E-state index in [2.05, 4.69) is 13.5 Å². The molecule has 0 saturated heterocycles. The summed E-state index contributed by atoms with van der Waals surface area (Å²) in [7, 11) is -6.00. The van der Waals surface area contributed by atoms with Crippen LogP contribution in [0.15, 0.2) is 6.25 Å². The maximum atomic E-state index is 9.75. The number of rotatable bonds is 0. The Morgan fingerprint density at radius 2 is 1.33 bits per heavy atom. The Bertz CT molecular complexity index is 78.3. The molecule has 0 N–H and O–H groups in total. The van der Waals surface area contributed by atoms with Crippen LogP contribution in [-0.2, 0) is 0 Å². The molecule has 0 aromatic carbocycles. The summed E-state index contributed by atoms with van der Waals surface area (Å²) in [5.74, 6) is 0. The monoisotopic (exact) mass is 167 g/mol. The van der Waals surface area contributed by atoms with Crippen LogP contribution in [0.5, 0.6) is 0 Å². The Kier molecular flexibility index (Phi) is 8.41. The molecule has 6 heteroatoms. The molecule has 0 radical (unpaired) electrons. The third-order valence-corrected chi connectivity index (χ3v) is 0. The van der Waals surface area contributed by atoms with Gasteiger partial charge in [0.05, 0.1) is 0 Å². The Hall–Kier alpha value is 1.16. The zero-order valence-corrected chi connectivity index (χ0v) is 8.42. The molecule has 0 aliphatic rings. The van der Waals surface area contributed by atoms with Crippen LogP contribution in [0.2, 0.25) is 0 Å². The summed E-state index contributed by atoms with van der Waals surface area (Å²) in [5.41, 5.74) is 0. The summed E-state index contributed by atoms with van der Waals surface area (Å²) in [6.45, 7) is 5.69. The quantitative estimate of drug-likeness (QED) is 0.382. The molecule has 0 aliphatic carbocycles. The fourth-order valence-corrected chi connectivity index (χ4v) is 0. The molecule has 0 saturated carbocycles. The second-order valence-electron chi connectivity index (χ2n) is 1.70. The molecule has 0 rings (SSSR count). The SMILES string of the molecule is C=[C](C)[K].F[B-](F)(F)F. The summed E-state index contributed by atoms with van der Waals surface area (Å²) in [5, 5.41) is 0. The van der Waals surface area contributed by atoms with E-state index in [1.165, 1.54) is -0.332 Å². The van der Waals surface area contributed by atoms with Crippen molar-refractivity contribution in [2.75, 3.05) is 0 Å². The van der Waals surface area contributed by atoms with Crippen molar-refractivity contribution in [2.45, 2.75) is 6.92 Å². The van der Waals surface area contributed by atoms with Gasteiger partial charge >= 0.3 is 69.4 Å². The van der Waals surface area contributed by atoms with Gasteiger partial charge in [-0.1, -0.05) is 0 Å². The smallest absolute Gasteiger partial charge is 0.418 e. The van der Waals surface area contributed by atoms with Crippen molar-refractivity contribution >= 4 is 56.2 Å². The van der Waals surface area contributed by atoms with Gasteiger partial charge in [0.2, 0.25) is 0 Å². The van der Waals surface area contributed by atoms with Crippen LogP contribution in [0.25, 0.3) is 0 Å². The van der Waals surface area contributed by atoms with E-state index in [-0.39, 0.29) is 0 Å². The van der Waals surface area contributed by atoms with Gasteiger partial charge in [0.1, 0.15) is 0 Å². The number of hydrogen-bond acceptors (Lipinski definition) is 0. The topological polar surface area (TPSA) is 0 Å². The third kappa shape index (κ3) is 348. The maximum Gasteiger partial charge on any atom is 0.673 e. The van der Waals surface area contributed by atoms with Crippen LogP contribution in [0, 0.1) is 0 Å². The maximum absolute atomic E-state index is 9.75. The van der Waals surface area contributed by atoms with E-state index in [1.807, 2.05) is 0 Å². The van der Waals surface area contributed by atoms with E-state index in [1.54, 1.807) is 0 Å². The Labute approximate surface area is 85.4 Å². The van der Waals surface area contributed by atoms with Gasteiger partial charge in [-0.3, -0.25) is 0 Å². The van der Waals surface area contributed by atoms with Gasteiger partial charge in [-0.15, -0.1) is 0 Å². The third-order valence-electron chi connectivity index (χ3n) is 0. The fourth-order valence-electron chi connectivity index (χ4n) is 0. The van der Waals surface area contributed by atoms with Crippen LogP contribution in [-0.4, -0.2) is 56.2 Å². The van der Waals surface area contributed by atoms with Crippen LogP contribution in [0.1, 0.15) is 6.92 Å². The first kappa shape index (κ1) is 12.8. The zero-order valence-electron chi connectivity index (χ0n) is 5.30. The Morgan fingerprint density at radius 1 is 1.33 bits per heavy atom. The number of halogens is 4. The Morgan fingerprint density at radius 3 is 1.33 bits per heavy atom. The predicted octanol–water partition coefficient (Wildman–Crippen LogP) is 1.99. The minimum atomic E-state index is -6.00. The molecule has 0 fully saturated rings. The fraction of sp³-hybridized carbons (Fsp3) is 0.333. The van der Waals surface area contributed by atoms with Crippen molar-refractivity contribution < 1.29 is 17.3 Å². The summed E-state index contributed by atoms with van der Waals surface area (Å²) in [4.78, 5) is 0. The van der Waals surface area contributed by atoms with Gasteiger partial charge < -0.3 is 17.3 Å². The van der Waals surface area contributed by atoms with Gasteiger partial charge in [-0.05, 0) is 0 Å². The molecule has 0 aromatic rings. The number of allylic oxidation sites excluding steroid dienone is 1. The van der Waals surface area contributed by atoms with Crippen molar-refractivity contribution in [3.8, 4) is 0 Å². The second-order valence-corrected chi connectivity index (χ2v) is 4.37. The van der Waals surface area contributed by atoms with Gasteiger partial charge in [0.25, 0.3) is 0 Å². The van der Waals surface area contributed by atoms with Crippen LogP contribution < -0.4 is 0 Å². The second kappa shape index (κ2) is 5.91. The molecule has 0 nitrogen and oxygen atoms in total. The van der Waals surface area contributed by atoms with E-state index >= 15 is 0 Å². The van der Waals surface area contributed by atoms with Gasteiger partial charge in [0.15, 0.2) is 0 Å². The van der Waals surface area contributed by atoms with Crippen molar-refractivity contribution in [1.82, 2.24) is 0 Å². The molecule has 0 aliphatic heterocycles. The first-order valence-electron chi connectivity index (χ1n) is 2.23. The molecule has 0 unspecified atom stereocenters. The average molecular weight is 167 g/mol. The molecule has 50 valence electrons. The molecule has 0 bridgehead atoms. The van der Waals surface area contributed by atoms with E-state index in [9.17, 15) is 17.3 Å². The first-order chi connectivity index (χ1) is 3.73. The summed E-state index contributed by atoms with van der Waals surface area (Å²) in [6, 6.07) is 0. The molecule has 0 atom stereocenters. The van der Waals surface area contributed by atoms with Crippen molar-refractivity contribution in [2.24, 2.45) is 0 Å². The van der Waals surface area contributed by atoms with Crippen LogP contribution in [0.4, 0.5) is 17.3 Å². The van der Waals surface area contributed by atoms with Gasteiger partial charge in [-0.2, -0.15) is 0 Å². The molecule has 0 amide bonds. The largest absolute Gasteiger partial charge is 0.673 e. The Balaban J connectivity index is 0. The average Bonchev–Trinajstić information content (AvgIpc) is 1.19. The van der Waals surface area contributed by atoms with E-state index < -0.39 is 7.25 Å². The van der Waals surface area contributed by atoms with Gasteiger partial charge in [-0.25, -0.2) is 0 Å². The minimum Gasteiger partial charge on any atom is -0.418 e.